The summed E-state index contributed by atoms with van der Waals surface area (Å²) in [6, 6.07) is 6.67. The van der Waals surface area contributed by atoms with Gasteiger partial charge in [0.1, 0.15) is 0 Å². The lowest BCUT2D eigenvalue weighted by molar-refractivity contribution is 0.267. The Morgan fingerprint density at radius 3 is 3.15 bits per heavy atom. The van der Waals surface area contributed by atoms with Crippen LogP contribution in [0.15, 0.2) is 18.2 Å². The summed E-state index contributed by atoms with van der Waals surface area (Å²) in [5.74, 6) is 0. The zero-order valence-corrected chi connectivity index (χ0v) is 7.88. The van der Waals surface area contributed by atoms with Gasteiger partial charge in [0.25, 0.3) is 0 Å². The highest BCUT2D eigenvalue weighted by atomic mass is 16.3. The predicted octanol–water partition coefficient (Wildman–Crippen LogP) is 1.71. The van der Waals surface area contributed by atoms with Crippen molar-refractivity contribution in [2.24, 2.45) is 0 Å². The van der Waals surface area contributed by atoms with Crippen molar-refractivity contribution in [2.45, 2.75) is 25.8 Å². The molecular weight excluding hydrogens is 162 g/mol. The minimum Gasteiger partial charge on any atom is -0.394 e. The molecule has 0 bridgehead atoms. The first-order valence-corrected chi connectivity index (χ1v) is 4.76. The second kappa shape index (κ2) is 3.38. The molecule has 2 rings (SSSR count). The zero-order valence-electron chi connectivity index (χ0n) is 7.88. The average molecular weight is 177 g/mol. The molecule has 0 amide bonds. The summed E-state index contributed by atoms with van der Waals surface area (Å²) in [7, 11) is 0. The highest BCUT2D eigenvalue weighted by molar-refractivity contribution is 5.55. The van der Waals surface area contributed by atoms with E-state index >= 15 is 0 Å². The first kappa shape index (κ1) is 8.57. The van der Waals surface area contributed by atoms with Crippen molar-refractivity contribution in [1.29, 1.82) is 0 Å². The Bertz CT molecular complexity index is 309. The highest BCUT2D eigenvalue weighted by Gasteiger charge is 2.15. The molecule has 1 heterocycles. The van der Waals surface area contributed by atoms with Gasteiger partial charge in [0.2, 0.25) is 0 Å². The van der Waals surface area contributed by atoms with Gasteiger partial charge in [-0.05, 0) is 31.4 Å². The molecule has 0 spiro atoms. The summed E-state index contributed by atoms with van der Waals surface area (Å²) in [5.41, 5.74) is 3.88. The Hall–Kier alpha value is -1.02. The molecule has 0 fully saturated rings. The standard InChI is InChI=1S/C11H15NO/c1-8-2-5-11-9(6-8)3-4-10(7-13)12-11/h2,5-6,10,12-13H,3-4,7H2,1H3/t10-/m1/s1. The SMILES string of the molecule is Cc1ccc2c(c1)CC[C@H](CO)N2. The first-order chi connectivity index (χ1) is 6.29. The van der Waals surface area contributed by atoms with Crippen LogP contribution < -0.4 is 5.32 Å². The number of hydrogen-bond donors (Lipinski definition) is 2. The Balaban J connectivity index is 2.26. The first-order valence-electron chi connectivity index (χ1n) is 4.76. The second-order valence-electron chi connectivity index (χ2n) is 3.72. The van der Waals surface area contributed by atoms with Crippen LogP contribution in [0.5, 0.6) is 0 Å². The molecule has 0 aliphatic carbocycles. The molecule has 1 atom stereocenters. The van der Waals surface area contributed by atoms with Crippen LogP contribution in [0.2, 0.25) is 0 Å². The molecule has 0 unspecified atom stereocenters. The van der Waals surface area contributed by atoms with E-state index in [0.29, 0.717) is 0 Å². The molecule has 1 aromatic carbocycles. The van der Waals surface area contributed by atoms with Gasteiger partial charge in [0.15, 0.2) is 0 Å². The Kier molecular flexibility index (Phi) is 2.23. The average Bonchev–Trinajstić information content (AvgIpc) is 2.17. The topological polar surface area (TPSA) is 32.3 Å². The minimum atomic E-state index is 0.229. The number of fused-ring (bicyclic) bond motifs is 1. The second-order valence-corrected chi connectivity index (χ2v) is 3.72. The molecule has 1 aromatic rings. The number of nitrogens with one attached hydrogen (secondary N) is 1. The van der Waals surface area contributed by atoms with Gasteiger partial charge in [-0.15, -0.1) is 0 Å². The molecule has 13 heavy (non-hydrogen) atoms. The molecule has 1 aliphatic heterocycles. The van der Waals surface area contributed by atoms with Crippen LogP contribution in [0, 0.1) is 6.92 Å². The Morgan fingerprint density at radius 1 is 1.54 bits per heavy atom. The van der Waals surface area contributed by atoms with Gasteiger partial charge in [-0.3, -0.25) is 0 Å². The highest BCUT2D eigenvalue weighted by Crippen LogP contribution is 2.25. The van der Waals surface area contributed by atoms with Gasteiger partial charge < -0.3 is 10.4 Å². The maximum Gasteiger partial charge on any atom is 0.0632 e. The number of rotatable bonds is 1. The predicted molar refractivity (Wildman–Crippen MR) is 54.0 cm³/mol. The maximum absolute atomic E-state index is 9.01. The lowest BCUT2D eigenvalue weighted by atomic mass is 9.97. The number of aryl methyl sites for hydroxylation is 2. The van der Waals surface area contributed by atoms with E-state index in [9.17, 15) is 0 Å². The summed E-state index contributed by atoms with van der Waals surface area (Å²) < 4.78 is 0. The van der Waals surface area contributed by atoms with Gasteiger partial charge >= 0.3 is 0 Å². The number of aliphatic hydroxyl groups is 1. The van der Waals surface area contributed by atoms with E-state index in [1.807, 2.05) is 0 Å². The van der Waals surface area contributed by atoms with Crippen LogP contribution in [0.25, 0.3) is 0 Å². The quantitative estimate of drug-likeness (QED) is 0.684. The lowest BCUT2D eigenvalue weighted by Crippen LogP contribution is -2.28. The summed E-state index contributed by atoms with van der Waals surface area (Å²) in [5, 5.41) is 12.3. The van der Waals surface area contributed by atoms with E-state index in [2.05, 4.69) is 30.4 Å². The zero-order chi connectivity index (χ0) is 9.26. The van der Waals surface area contributed by atoms with Crippen LogP contribution in [0.4, 0.5) is 5.69 Å². The van der Waals surface area contributed by atoms with Gasteiger partial charge in [-0.1, -0.05) is 17.7 Å². The Morgan fingerprint density at radius 2 is 2.38 bits per heavy atom. The molecular formula is C11H15NO. The molecule has 2 heteroatoms. The number of aliphatic hydroxyl groups excluding tert-OH is 1. The van der Waals surface area contributed by atoms with Crippen LogP contribution in [-0.2, 0) is 6.42 Å². The summed E-state index contributed by atoms with van der Waals surface area (Å²) in [6.45, 7) is 2.34. The van der Waals surface area contributed by atoms with Crippen LogP contribution >= 0.6 is 0 Å². The van der Waals surface area contributed by atoms with E-state index in [0.717, 1.165) is 12.8 Å². The molecule has 0 aromatic heterocycles. The van der Waals surface area contributed by atoms with Crippen LogP contribution in [0.1, 0.15) is 17.5 Å². The van der Waals surface area contributed by atoms with E-state index < -0.39 is 0 Å². The Labute approximate surface area is 78.6 Å². The van der Waals surface area contributed by atoms with Crippen molar-refractivity contribution in [3.8, 4) is 0 Å². The molecule has 0 radical (unpaired) electrons. The normalized spacial score (nSPS) is 20.6. The fourth-order valence-electron chi connectivity index (χ4n) is 1.83. The van der Waals surface area contributed by atoms with Crippen molar-refractivity contribution in [3.63, 3.8) is 0 Å². The third-order valence-electron chi connectivity index (χ3n) is 2.60. The van der Waals surface area contributed by atoms with E-state index in [4.69, 9.17) is 5.11 Å². The lowest BCUT2D eigenvalue weighted by Gasteiger charge is -2.25. The summed E-state index contributed by atoms with van der Waals surface area (Å²) in [6.07, 6.45) is 2.11. The molecule has 2 N–H and O–H groups in total. The molecule has 0 saturated heterocycles. The minimum absolute atomic E-state index is 0.229. The third kappa shape index (κ3) is 1.68. The van der Waals surface area contributed by atoms with E-state index in [1.54, 1.807) is 0 Å². The maximum atomic E-state index is 9.01. The van der Waals surface area contributed by atoms with Gasteiger partial charge in [-0.25, -0.2) is 0 Å². The van der Waals surface area contributed by atoms with Crippen molar-refractivity contribution < 1.29 is 5.11 Å². The van der Waals surface area contributed by atoms with Crippen molar-refractivity contribution in [3.05, 3.63) is 29.3 Å². The van der Waals surface area contributed by atoms with Crippen molar-refractivity contribution >= 4 is 5.69 Å². The van der Waals surface area contributed by atoms with Crippen LogP contribution in [0.3, 0.4) is 0 Å². The molecule has 1 aliphatic rings. The number of anilines is 1. The van der Waals surface area contributed by atoms with Gasteiger partial charge in [-0.2, -0.15) is 0 Å². The van der Waals surface area contributed by atoms with E-state index in [1.165, 1.54) is 16.8 Å². The molecule has 2 nitrogen and oxygen atoms in total. The summed E-state index contributed by atoms with van der Waals surface area (Å²) in [4.78, 5) is 0. The third-order valence-corrected chi connectivity index (χ3v) is 2.60. The number of benzene rings is 1. The smallest absolute Gasteiger partial charge is 0.0632 e. The van der Waals surface area contributed by atoms with Crippen molar-refractivity contribution in [1.82, 2.24) is 0 Å². The molecule has 70 valence electrons. The van der Waals surface area contributed by atoms with Crippen molar-refractivity contribution in [2.75, 3.05) is 11.9 Å². The van der Waals surface area contributed by atoms with Crippen LogP contribution in [-0.4, -0.2) is 17.8 Å². The number of hydrogen-bond acceptors (Lipinski definition) is 2. The fraction of sp³-hybridized carbons (Fsp3) is 0.455. The summed E-state index contributed by atoms with van der Waals surface area (Å²) >= 11 is 0. The van der Waals surface area contributed by atoms with E-state index in [-0.39, 0.29) is 12.6 Å². The monoisotopic (exact) mass is 177 g/mol. The van der Waals surface area contributed by atoms with Gasteiger partial charge in [0.05, 0.1) is 6.61 Å². The van der Waals surface area contributed by atoms with Gasteiger partial charge in [0, 0.05) is 11.7 Å². The molecule has 0 saturated carbocycles. The fourth-order valence-corrected chi connectivity index (χ4v) is 1.83. The largest absolute Gasteiger partial charge is 0.394 e.